The summed E-state index contributed by atoms with van der Waals surface area (Å²) in [6.45, 7) is 5.32. The molecule has 2 aliphatic heterocycles. The van der Waals surface area contributed by atoms with Gasteiger partial charge in [-0.05, 0) is 40.0 Å². The Labute approximate surface area is 112 Å². The summed E-state index contributed by atoms with van der Waals surface area (Å²) >= 11 is 0. The molecule has 4 atom stereocenters. The standard InChI is InChI=1S/C13H21NO5/c1-13(2,3)19-12(17)14-8-6-7-4-5-9(18-7)10(8)11(15)16/h7-10H,4-6H2,1-3H3,(H,14,17)(H,15,16). The van der Waals surface area contributed by atoms with Crippen molar-refractivity contribution in [2.45, 2.75) is 63.9 Å². The first-order valence-corrected chi connectivity index (χ1v) is 6.64. The number of amides is 1. The van der Waals surface area contributed by atoms with Crippen LogP contribution < -0.4 is 5.32 Å². The van der Waals surface area contributed by atoms with E-state index in [0.29, 0.717) is 6.42 Å². The van der Waals surface area contributed by atoms with Crippen molar-refractivity contribution in [1.82, 2.24) is 5.32 Å². The van der Waals surface area contributed by atoms with Crippen molar-refractivity contribution < 1.29 is 24.2 Å². The summed E-state index contributed by atoms with van der Waals surface area (Å²) < 4.78 is 10.8. The van der Waals surface area contributed by atoms with E-state index in [-0.39, 0.29) is 12.2 Å². The second kappa shape index (κ2) is 5.00. The smallest absolute Gasteiger partial charge is 0.407 e. The largest absolute Gasteiger partial charge is 0.481 e. The second-order valence-corrected chi connectivity index (χ2v) is 6.23. The monoisotopic (exact) mass is 271 g/mol. The molecule has 0 aromatic carbocycles. The lowest BCUT2D eigenvalue weighted by atomic mass is 9.90. The zero-order valence-corrected chi connectivity index (χ0v) is 11.5. The summed E-state index contributed by atoms with van der Waals surface area (Å²) in [6, 6.07) is -0.418. The maximum absolute atomic E-state index is 11.8. The van der Waals surface area contributed by atoms with Crippen LogP contribution in [0.1, 0.15) is 40.0 Å². The average Bonchev–Trinajstić information content (AvgIpc) is 2.56. The highest BCUT2D eigenvalue weighted by Gasteiger charge is 2.47. The zero-order chi connectivity index (χ0) is 14.2. The normalized spacial score (nSPS) is 33.8. The average molecular weight is 271 g/mol. The molecule has 1 amide bonds. The molecule has 0 aromatic rings. The molecule has 0 spiro atoms. The molecule has 0 radical (unpaired) electrons. The molecule has 6 nitrogen and oxygen atoms in total. The molecule has 0 saturated carbocycles. The maximum Gasteiger partial charge on any atom is 0.407 e. The van der Waals surface area contributed by atoms with Crippen LogP contribution in [-0.4, -0.2) is 41.0 Å². The van der Waals surface area contributed by atoms with E-state index in [9.17, 15) is 14.7 Å². The number of hydrogen-bond acceptors (Lipinski definition) is 4. The molecule has 0 aromatic heterocycles. The minimum atomic E-state index is -0.925. The summed E-state index contributed by atoms with van der Waals surface area (Å²) in [4.78, 5) is 23.1. The lowest BCUT2D eigenvalue weighted by Gasteiger charge is -2.35. The molecule has 2 rings (SSSR count). The van der Waals surface area contributed by atoms with Crippen LogP contribution >= 0.6 is 0 Å². The number of carboxylic acid groups (broad SMARTS) is 1. The molecule has 108 valence electrons. The Hall–Kier alpha value is -1.30. The van der Waals surface area contributed by atoms with Crippen molar-refractivity contribution in [3.63, 3.8) is 0 Å². The number of aliphatic carboxylic acids is 1. The molecule has 2 aliphatic rings. The SMILES string of the molecule is CC(C)(C)OC(=O)NC1CC2CCC(O2)C1C(=O)O. The highest BCUT2D eigenvalue weighted by atomic mass is 16.6. The first kappa shape index (κ1) is 14.1. The summed E-state index contributed by atoms with van der Waals surface area (Å²) in [5, 5.41) is 12.0. The fourth-order valence-corrected chi connectivity index (χ4v) is 2.80. The Morgan fingerprint density at radius 1 is 1.32 bits per heavy atom. The highest BCUT2D eigenvalue weighted by Crippen LogP contribution is 2.36. The summed E-state index contributed by atoms with van der Waals surface area (Å²) in [5.74, 6) is -1.61. The third-order valence-corrected chi connectivity index (χ3v) is 3.48. The molecule has 2 fully saturated rings. The van der Waals surface area contributed by atoms with Gasteiger partial charge in [-0.1, -0.05) is 0 Å². The van der Waals surface area contributed by atoms with E-state index in [2.05, 4.69) is 5.32 Å². The van der Waals surface area contributed by atoms with E-state index in [1.165, 1.54) is 0 Å². The van der Waals surface area contributed by atoms with Crippen molar-refractivity contribution >= 4 is 12.1 Å². The summed E-state index contributed by atoms with van der Waals surface area (Å²) in [7, 11) is 0. The van der Waals surface area contributed by atoms with Gasteiger partial charge in [0.05, 0.1) is 18.2 Å². The van der Waals surface area contributed by atoms with Crippen molar-refractivity contribution in [3.05, 3.63) is 0 Å². The van der Waals surface area contributed by atoms with Gasteiger partial charge in [0.1, 0.15) is 11.5 Å². The fourth-order valence-electron chi connectivity index (χ4n) is 2.80. The van der Waals surface area contributed by atoms with Gasteiger partial charge in [0.25, 0.3) is 0 Å². The quantitative estimate of drug-likeness (QED) is 0.795. The van der Waals surface area contributed by atoms with Crippen molar-refractivity contribution in [2.24, 2.45) is 5.92 Å². The molecule has 2 N–H and O–H groups in total. The summed E-state index contributed by atoms with van der Waals surface area (Å²) in [5.41, 5.74) is -0.590. The van der Waals surface area contributed by atoms with Crippen LogP contribution in [0.2, 0.25) is 0 Å². The first-order valence-electron chi connectivity index (χ1n) is 6.64. The van der Waals surface area contributed by atoms with Gasteiger partial charge in [-0.25, -0.2) is 4.79 Å². The highest BCUT2D eigenvalue weighted by molar-refractivity contribution is 5.74. The zero-order valence-electron chi connectivity index (χ0n) is 11.5. The van der Waals surface area contributed by atoms with Crippen LogP contribution in [0.25, 0.3) is 0 Å². The van der Waals surface area contributed by atoms with Gasteiger partial charge < -0.3 is 19.9 Å². The Morgan fingerprint density at radius 3 is 2.58 bits per heavy atom. The topological polar surface area (TPSA) is 84.9 Å². The van der Waals surface area contributed by atoms with Crippen molar-refractivity contribution in [1.29, 1.82) is 0 Å². The maximum atomic E-state index is 11.8. The molecule has 6 heteroatoms. The van der Waals surface area contributed by atoms with Crippen LogP contribution in [-0.2, 0) is 14.3 Å². The third-order valence-electron chi connectivity index (χ3n) is 3.48. The van der Waals surface area contributed by atoms with Gasteiger partial charge in [-0.15, -0.1) is 0 Å². The number of carbonyl (C=O) groups is 2. The van der Waals surface area contributed by atoms with Crippen molar-refractivity contribution in [3.8, 4) is 0 Å². The first-order chi connectivity index (χ1) is 8.76. The van der Waals surface area contributed by atoms with Crippen LogP contribution in [0, 0.1) is 5.92 Å². The lowest BCUT2D eigenvalue weighted by Crippen LogP contribution is -2.53. The fraction of sp³-hybridized carbons (Fsp3) is 0.846. The molecule has 2 saturated heterocycles. The van der Waals surface area contributed by atoms with Gasteiger partial charge in [-0.3, -0.25) is 4.79 Å². The molecule has 19 heavy (non-hydrogen) atoms. The number of carboxylic acids is 1. The Kier molecular flexibility index (Phi) is 3.71. The second-order valence-electron chi connectivity index (χ2n) is 6.23. The number of rotatable bonds is 2. The Morgan fingerprint density at radius 2 is 2.00 bits per heavy atom. The van der Waals surface area contributed by atoms with Crippen LogP contribution in [0.3, 0.4) is 0 Å². The lowest BCUT2D eigenvalue weighted by molar-refractivity contribution is -0.153. The van der Waals surface area contributed by atoms with Gasteiger partial charge in [0.15, 0.2) is 0 Å². The number of carbonyl (C=O) groups excluding carboxylic acids is 1. The van der Waals surface area contributed by atoms with Crippen LogP contribution in [0.4, 0.5) is 4.79 Å². The minimum Gasteiger partial charge on any atom is -0.481 e. The van der Waals surface area contributed by atoms with E-state index in [1.807, 2.05) is 0 Å². The molecular weight excluding hydrogens is 250 g/mol. The van der Waals surface area contributed by atoms with E-state index in [0.717, 1.165) is 12.8 Å². The molecule has 2 heterocycles. The van der Waals surface area contributed by atoms with E-state index < -0.39 is 29.6 Å². The third kappa shape index (κ3) is 3.37. The molecule has 2 bridgehead atoms. The number of ether oxygens (including phenoxy) is 2. The number of nitrogens with one attached hydrogen (secondary N) is 1. The summed E-state index contributed by atoms with van der Waals surface area (Å²) in [6.07, 6.45) is 1.34. The number of hydrogen-bond donors (Lipinski definition) is 2. The molecule has 0 aliphatic carbocycles. The van der Waals surface area contributed by atoms with Crippen LogP contribution in [0.5, 0.6) is 0 Å². The van der Waals surface area contributed by atoms with Crippen molar-refractivity contribution in [2.75, 3.05) is 0 Å². The Bertz CT molecular complexity index is 376. The number of fused-ring (bicyclic) bond motifs is 2. The minimum absolute atomic E-state index is 0.0561. The van der Waals surface area contributed by atoms with E-state index >= 15 is 0 Å². The van der Waals surface area contributed by atoms with Gasteiger partial charge in [0.2, 0.25) is 0 Å². The van der Waals surface area contributed by atoms with Gasteiger partial charge in [-0.2, -0.15) is 0 Å². The van der Waals surface area contributed by atoms with Gasteiger partial charge in [0, 0.05) is 0 Å². The predicted molar refractivity (Wildman–Crippen MR) is 66.8 cm³/mol. The van der Waals surface area contributed by atoms with E-state index in [4.69, 9.17) is 9.47 Å². The predicted octanol–water partition coefficient (Wildman–Crippen LogP) is 1.53. The Balaban J connectivity index is 2.01. The van der Waals surface area contributed by atoms with E-state index in [1.54, 1.807) is 20.8 Å². The van der Waals surface area contributed by atoms with Crippen LogP contribution in [0.15, 0.2) is 0 Å². The van der Waals surface area contributed by atoms with Gasteiger partial charge >= 0.3 is 12.1 Å². The number of alkyl carbamates (subject to hydrolysis) is 1. The molecule has 4 unspecified atom stereocenters. The molecular formula is C13H21NO5.